The van der Waals surface area contributed by atoms with Crippen molar-refractivity contribution in [1.29, 1.82) is 0 Å². The number of benzene rings is 2. The molecule has 0 aromatic heterocycles. The molecule has 31 heavy (non-hydrogen) atoms. The summed E-state index contributed by atoms with van der Waals surface area (Å²) in [6.45, 7) is 8.86. The maximum atomic E-state index is 13.5. The number of halogens is 2. The first kappa shape index (κ1) is 25.2. The van der Waals surface area contributed by atoms with Crippen LogP contribution in [0.25, 0.3) is 0 Å². The van der Waals surface area contributed by atoms with E-state index in [0.717, 1.165) is 35.1 Å². The number of unbranched alkanes of at least 4 members (excludes halogenated alkanes) is 1. The molecule has 4 nitrogen and oxygen atoms in total. The molecular formula is C25H32Cl2N2O2. The van der Waals surface area contributed by atoms with Gasteiger partial charge < -0.3 is 10.2 Å². The Morgan fingerprint density at radius 2 is 1.77 bits per heavy atom. The van der Waals surface area contributed by atoms with E-state index >= 15 is 0 Å². The standard InChI is InChI=1S/C25H32Cl2N2O2/c1-5-7-12-28-25(31)23(6-2)29(16-19-10-11-21(26)15-22(19)27)24(30)14-20-13-17(3)8-9-18(20)4/h8-11,13,15,23H,5-7,12,14,16H2,1-4H3,(H,28,31)/t23-/m1/s1. The summed E-state index contributed by atoms with van der Waals surface area (Å²) in [5.41, 5.74) is 3.90. The highest BCUT2D eigenvalue weighted by Gasteiger charge is 2.29. The molecule has 1 N–H and O–H groups in total. The molecule has 0 saturated carbocycles. The van der Waals surface area contributed by atoms with Crippen LogP contribution in [0.4, 0.5) is 0 Å². The fourth-order valence-corrected chi connectivity index (χ4v) is 3.98. The predicted octanol–water partition coefficient (Wildman–Crippen LogP) is 5.88. The second-order valence-corrected chi connectivity index (χ2v) is 8.78. The Balaban J connectivity index is 2.33. The van der Waals surface area contributed by atoms with E-state index in [1.54, 1.807) is 17.0 Å². The van der Waals surface area contributed by atoms with Crippen molar-refractivity contribution >= 4 is 35.0 Å². The smallest absolute Gasteiger partial charge is 0.242 e. The summed E-state index contributed by atoms with van der Waals surface area (Å²) in [6.07, 6.45) is 2.65. The monoisotopic (exact) mass is 462 g/mol. The molecule has 0 fully saturated rings. The zero-order chi connectivity index (χ0) is 23.0. The summed E-state index contributed by atoms with van der Waals surface area (Å²) in [6, 6.07) is 10.7. The van der Waals surface area contributed by atoms with E-state index in [-0.39, 0.29) is 24.8 Å². The Labute approximate surface area is 195 Å². The Morgan fingerprint density at radius 1 is 1.03 bits per heavy atom. The van der Waals surface area contributed by atoms with Gasteiger partial charge in [-0.2, -0.15) is 0 Å². The second-order valence-electron chi connectivity index (χ2n) is 7.93. The molecular weight excluding hydrogens is 431 g/mol. The summed E-state index contributed by atoms with van der Waals surface area (Å²) >= 11 is 12.4. The topological polar surface area (TPSA) is 49.4 Å². The molecule has 0 radical (unpaired) electrons. The second kappa shape index (κ2) is 12.1. The highest BCUT2D eigenvalue weighted by Crippen LogP contribution is 2.24. The van der Waals surface area contributed by atoms with Gasteiger partial charge in [-0.05, 0) is 55.5 Å². The summed E-state index contributed by atoms with van der Waals surface area (Å²) in [5, 5.41) is 4.00. The molecule has 2 amide bonds. The largest absolute Gasteiger partial charge is 0.354 e. The van der Waals surface area contributed by atoms with E-state index in [4.69, 9.17) is 23.2 Å². The van der Waals surface area contributed by atoms with Crippen molar-refractivity contribution in [3.63, 3.8) is 0 Å². The molecule has 0 heterocycles. The van der Waals surface area contributed by atoms with Crippen molar-refractivity contribution < 1.29 is 9.59 Å². The fourth-order valence-electron chi connectivity index (χ4n) is 3.51. The molecule has 0 bridgehead atoms. The van der Waals surface area contributed by atoms with Gasteiger partial charge in [0.15, 0.2) is 0 Å². The lowest BCUT2D eigenvalue weighted by Gasteiger charge is -2.31. The van der Waals surface area contributed by atoms with Gasteiger partial charge in [-0.25, -0.2) is 0 Å². The van der Waals surface area contributed by atoms with E-state index in [9.17, 15) is 9.59 Å². The van der Waals surface area contributed by atoms with Crippen LogP contribution in [0, 0.1) is 13.8 Å². The van der Waals surface area contributed by atoms with Gasteiger partial charge in [0.2, 0.25) is 11.8 Å². The first-order valence-electron chi connectivity index (χ1n) is 10.8. The lowest BCUT2D eigenvalue weighted by molar-refractivity contribution is -0.140. The van der Waals surface area contributed by atoms with Gasteiger partial charge in [0.1, 0.15) is 6.04 Å². The van der Waals surface area contributed by atoms with Crippen LogP contribution in [0.1, 0.15) is 55.4 Å². The molecule has 0 spiro atoms. The summed E-state index contributed by atoms with van der Waals surface area (Å²) in [4.78, 5) is 28.1. The molecule has 0 saturated heterocycles. The molecule has 0 unspecified atom stereocenters. The van der Waals surface area contributed by atoms with E-state index in [1.807, 2.05) is 45.0 Å². The zero-order valence-corrected chi connectivity index (χ0v) is 20.3. The average Bonchev–Trinajstić information content (AvgIpc) is 2.72. The van der Waals surface area contributed by atoms with Gasteiger partial charge in [-0.1, -0.05) is 73.3 Å². The van der Waals surface area contributed by atoms with Gasteiger partial charge in [-0.15, -0.1) is 0 Å². The molecule has 1 atom stereocenters. The third-order valence-electron chi connectivity index (χ3n) is 5.42. The van der Waals surface area contributed by atoms with Crippen molar-refractivity contribution in [2.24, 2.45) is 0 Å². The van der Waals surface area contributed by atoms with Gasteiger partial charge in [0.25, 0.3) is 0 Å². The fraction of sp³-hybridized carbons (Fsp3) is 0.440. The predicted molar refractivity (Wildman–Crippen MR) is 129 cm³/mol. The van der Waals surface area contributed by atoms with Crippen LogP contribution < -0.4 is 5.32 Å². The third kappa shape index (κ3) is 7.26. The Bertz CT molecular complexity index is 914. The minimum atomic E-state index is -0.568. The van der Waals surface area contributed by atoms with Crippen molar-refractivity contribution in [3.8, 4) is 0 Å². The molecule has 2 rings (SSSR count). The van der Waals surface area contributed by atoms with E-state index < -0.39 is 6.04 Å². The lowest BCUT2D eigenvalue weighted by atomic mass is 10.0. The number of carbonyl (C=O) groups excluding carboxylic acids is 2. The number of aryl methyl sites for hydroxylation is 2. The molecule has 0 aliphatic carbocycles. The van der Waals surface area contributed by atoms with Crippen molar-refractivity contribution in [3.05, 3.63) is 68.7 Å². The number of hydrogen-bond acceptors (Lipinski definition) is 2. The molecule has 6 heteroatoms. The van der Waals surface area contributed by atoms with Crippen molar-refractivity contribution in [2.75, 3.05) is 6.54 Å². The van der Waals surface area contributed by atoms with Crippen molar-refractivity contribution in [2.45, 2.75) is 66.0 Å². The van der Waals surface area contributed by atoms with Crippen LogP contribution in [0.5, 0.6) is 0 Å². The highest BCUT2D eigenvalue weighted by atomic mass is 35.5. The zero-order valence-electron chi connectivity index (χ0n) is 18.8. The summed E-state index contributed by atoms with van der Waals surface area (Å²) in [7, 11) is 0. The number of nitrogens with zero attached hydrogens (tertiary/aromatic N) is 1. The van der Waals surface area contributed by atoms with Crippen LogP contribution in [-0.4, -0.2) is 29.3 Å². The molecule has 0 aliphatic heterocycles. The average molecular weight is 463 g/mol. The number of carbonyl (C=O) groups is 2. The van der Waals surface area contributed by atoms with Gasteiger partial charge >= 0.3 is 0 Å². The number of hydrogen-bond donors (Lipinski definition) is 1. The summed E-state index contributed by atoms with van der Waals surface area (Å²) in [5.74, 6) is -0.229. The minimum absolute atomic E-state index is 0.0998. The van der Waals surface area contributed by atoms with E-state index in [1.165, 1.54) is 0 Å². The van der Waals surface area contributed by atoms with Crippen LogP contribution in [0.2, 0.25) is 10.0 Å². The number of amides is 2. The van der Waals surface area contributed by atoms with Gasteiger partial charge in [0, 0.05) is 23.1 Å². The van der Waals surface area contributed by atoms with Gasteiger partial charge in [-0.3, -0.25) is 9.59 Å². The minimum Gasteiger partial charge on any atom is -0.354 e. The SMILES string of the molecule is CCCCNC(=O)[C@@H](CC)N(Cc1ccc(Cl)cc1Cl)C(=O)Cc1cc(C)ccc1C. The number of rotatable bonds is 10. The van der Waals surface area contributed by atoms with Crippen LogP contribution in [0.3, 0.4) is 0 Å². The Kier molecular flexibility index (Phi) is 9.86. The van der Waals surface area contributed by atoms with Crippen molar-refractivity contribution in [1.82, 2.24) is 10.2 Å². The maximum absolute atomic E-state index is 13.5. The quantitative estimate of drug-likeness (QED) is 0.448. The molecule has 0 aliphatic rings. The first-order valence-corrected chi connectivity index (χ1v) is 11.6. The Hall–Kier alpha value is -2.04. The molecule has 168 valence electrons. The normalized spacial score (nSPS) is 11.8. The van der Waals surface area contributed by atoms with Crippen LogP contribution >= 0.6 is 23.2 Å². The van der Waals surface area contributed by atoms with Crippen LogP contribution in [0.15, 0.2) is 36.4 Å². The Morgan fingerprint density at radius 3 is 2.42 bits per heavy atom. The van der Waals surface area contributed by atoms with E-state index in [0.29, 0.717) is 23.0 Å². The maximum Gasteiger partial charge on any atom is 0.242 e. The van der Waals surface area contributed by atoms with Crippen LogP contribution in [-0.2, 0) is 22.6 Å². The van der Waals surface area contributed by atoms with Gasteiger partial charge in [0.05, 0.1) is 6.42 Å². The molecule has 2 aromatic carbocycles. The summed E-state index contributed by atoms with van der Waals surface area (Å²) < 4.78 is 0. The first-order chi connectivity index (χ1) is 14.8. The highest BCUT2D eigenvalue weighted by molar-refractivity contribution is 6.35. The third-order valence-corrected chi connectivity index (χ3v) is 6.00. The lowest BCUT2D eigenvalue weighted by Crippen LogP contribution is -2.49. The number of nitrogens with one attached hydrogen (secondary N) is 1. The molecule has 2 aromatic rings. The van der Waals surface area contributed by atoms with E-state index in [2.05, 4.69) is 12.2 Å².